The molecule has 1 fully saturated rings. The number of rotatable bonds is 4. The Morgan fingerprint density at radius 2 is 1.67 bits per heavy atom. The fourth-order valence-electron chi connectivity index (χ4n) is 3.12. The zero-order valence-electron chi connectivity index (χ0n) is 15.5. The first-order chi connectivity index (χ1) is 12.8. The summed E-state index contributed by atoms with van der Waals surface area (Å²) in [5.74, 6) is -0.0358. The average molecular weight is 407 g/mol. The Bertz CT molecular complexity index is 951. The van der Waals surface area contributed by atoms with Gasteiger partial charge >= 0.3 is 0 Å². The van der Waals surface area contributed by atoms with Crippen LogP contribution in [0.4, 0.5) is 0 Å². The molecule has 5 nitrogen and oxygen atoms in total. The van der Waals surface area contributed by atoms with Crippen molar-refractivity contribution < 1.29 is 13.2 Å². The van der Waals surface area contributed by atoms with Crippen LogP contribution in [0.25, 0.3) is 0 Å². The van der Waals surface area contributed by atoms with Gasteiger partial charge in [-0.1, -0.05) is 35.9 Å². The van der Waals surface area contributed by atoms with Gasteiger partial charge in [0.05, 0.1) is 11.3 Å². The molecule has 0 aromatic heterocycles. The Kier molecular flexibility index (Phi) is 5.89. The van der Waals surface area contributed by atoms with Gasteiger partial charge in [-0.3, -0.25) is 4.79 Å². The molecule has 144 valence electrons. The standard InChI is InChI=1S/C20H23ClN2O3S/c1-15-7-8-18(13-16(15)2)27(25,26)23-11-9-22(10-12-23)20(24)14-17-5-3-4-6-19(17)21/h3-8,13H,9-12,14H2,1-2H3. The first-order valence-corrected chi connectivity index (χ1v) is 10.7. The lowest BCUT2D eigenvalue weighted by Crippen LogP contribution is -2.50. The van der Waals surface area contributed by atoms with Crippen molar-refractivity contribution >= 4 is 27.5 Å². The van der Waals surface area contributed by atoms with E-state index in [1.165, 1.54) is 4.31 Å². The smallest absolute Gasteiger partial charge is 0.243 e. The van der Waals surface area contributed by atoms with Gasteiger partial charge in [0.2, 0.25) is 15.9 Å². The molecule has 0 saturated carbocycles. The van der Waals surface area contributed by atoms with E-state index in [2.05, 4.69) is 0 Å². The summed E-state index contributed by atoms with van der Waals surface area (Å²) < 4.78 is 27.2. The molecular weight excluding hydrogens is 384 g/mol. The molecule has 0 atom stereocenters. The summed E-state index contributed by atoms with van der Waals surface area (Å²) in [7, 11) is -3.54. The molecule has 1 amide bonds. The molecule has 0 N–H and O–H groups in total. The van der Waals surface area contributed by atoms with E-state index in [9.17, 15) is 13.2 Å². The highest BCUT2D eigenvalue weighted by molar-refractivity contribution is 7.89. The highest BCUT2D eigenvalue weighted by Gasteiger charge is 2.30. The minimum absolute atomic E-state index is 0.0358. The van der Waals surface area contributed by atoms with E-state index in [0.717, 1.165) is 16.7 Å². The zero-order valence-corrected chi connectivity index (χ0v) is 17.1. The molecule has 2 aromatic carbocycles. The topological polar surface area (TPSA) is 57.7 Å². The molecule has 1 saturated heterocycles. The van der Waals surface area contributed by atoms with Crippen LogP contribution in [0.2, 0.25) is 5.02 Å². The predicted octanol–water partition coefficient (Wildman–Crippen LogP) is 3.03. The van der Waals surface area contributed by atoms with E-state index in [0.29, 0.717) is 36.1 Å². The number of halogens is 1. The second-order valence-electron chi connectivity index (χ2n) is 6.80. The van der Waals surface area contributed by atoms with Crippen LogP contribution >= 0.6 is 11.6 Å². The summed E-state index contributed by atoms with van der Waals surface area (Å²) in [6.45, 7) is 5.21. The van der Waals surface area contributed by atoms with Gasteiger partial charge in [-0.25, -0.2) is 8.42 Å². The summed E-state index contributed by atoms with van der Waals surface area (Å²) in [6.07, 6.45) is 0.226. The number of piperazine rings is 1. The van der Waals surface area contributed by atoms with Crippen molar-refractivity contribution in [2.45, 2.75) is 25.2 Å². The van der Waals surface area contributed by atoms with Crippen LogP contribution in [-0.4, -0.2) is 49.7 Å². The van der Waals surface area contributed by atoms with Crippen molar-refractivity contribution in [2.75, 3.05) is 26.2 Å². The third-order valence-corrected chi connectivity index (χ3v) is 7.27. The molecule has 3 rings (SSSR count). The van der Waals surface area contributed by atoms with Crippen LogP contribution in [0.15, 0.2) is 47.4 Å². The summed E-state index contributed by atoms with van der Waals surface area (Å²) in [5.41, 5.74) is 2.79. The average Bonchev–Trinajstić information content (AvgIpc) is 2.65. The fraction of sp³-hybridized carbons (Fsp3) is 0.350. The maximum atomic E-state index is 12.9. The fourth-order valence-corrected chi connectivity index (χ4v) is 4.83. The van der Waals surface area contributed by atoms with Crippen molar-refractivity contribution in [2.24, 2.45) is 0 Å². The minimum atomic E-state index is -3.54. The maximum Gasteiger partial charge on any atom is 0.243 e. The number of carbonyl (C=O) groups excluding carboxylic acids is 1. The number of nitrogens with zero attached hydrogens (tertiary/aromatic N) is 2. The van der Waals surface area contributed by atoms with Crippen molar-refractivity contribution in [1.29, 1.82) is 0 Å². The maximum absolute atomic E-state index is 12.9. The summed E-state index contributed by atoms with van der Waals surface area (Å²) in [6, 6.07) is 12.5. The Hall–Kier alpha value is -1.89. The van der Waals surface area contributed by atoms with E-state index in [1.807, 2.05) is 38.1 Å². The van der Waals surface area contributed by atoms with Crippen LogP contribution in [0.5, 0.6) is 0 Å². The Morgan fingerprint density at radius 3 is 2.30 bits per heavy atom. The Labute approximate surface area is 165 Å². The van der Waals surface area contributed by atoms with E-state index < -0.39 is 10.0 Å². The van der Waals surface area contributed by atoms with Crippen LogP contribution in [0.1, 0.15) is 16.7 Å². The quantitative estimate of drug-likeness (QED) is 0.784. The lowest BCUT2D eigenvalue weighted by atomic mass is 10.1. The number of aryl methyl sites for hydroxylation is 2. The lowest BCUT2D eigenvalue weighted by Gasteiger charge is -2.34. The first-order valence-electron chi connectivity index (χ1n) is 8.87. The van der Waals surface area contributed by atoms with Crippen LogP contribution in [0.3, 0.4) is 0 Å². The number of carbonyl (C=O) groups is 1. The van der Waals surface area contributed by atoms with Gasteiger partial charge in [0.1, 0.15) is 0 Å². The normalized spacial score (nSPS) is 15.7. The van der Waals surface area contributed by atoms with Gasteiger partial charge in [0, 0.05) is 31.2 Å². The molecule has 0 radical (unpaired) electrons. The predicted molar refractivity (Wildman–Crippen MR) is 106 cm³/mol. The molecule has 1 heterocycles. The largest absolute Gasteiger partial charge is 0.340 e. The van der Waals surface area contributed by atoms with Gasteiger partial charge in [-0.05, 0) is 48.7 Å². The monoisotopic (exact) mass is 406 g/mol. The number of hydrogen-bond donors (Lipinski definition) is 0. The summed E-state index contributed by atoms with van der Waals surface area (Å²) >= 11 is 6.12. The van der Waals surface area contributed by atoms with Crippen LogP contribution in [-0.2, 0) is 21.2 Å². The molecule has 7 heteroatoms. The van der Waals surface area contributed by atoms with E-state index in [1.54, 1.807) is 23.1 Å². The van der Waals surface area contributed by atoms with Gasteiger partial charge in [0.15, 0.2) is 0 Å². The molecule has 27 heavy (non-hydrogen) atoms. The summed E-state index contributed by atoms with van der Waals surface area (Å²) in [4.78, 5) is 14.5. The number of benzene rings is 2. The minimum Gasteiger partial charge on any atom is -0.340 e. The van der Waals surface area contributed by atoms with Crippen molar-refractivity contribution in [1.82, 2.24) is 9.21 Å². The highest BCUT2D eigenvalue weighted by Crippen LogP contribution is 2.21. The Balaban J connectivity index is 1.65. The van der Waals surface area contributed by atoms with Crippen LogP contribution in [0, 0.1) is 13.8 Å². The van der Waals surface area contributed by atoms with Gasteiger partial charge < -0.3 is 4.90 Å². The molecule has 2 aromatic rings. The van der Waals surface area contributed by atoms with E-state index in [4.69, 9.17) is 11.6 Å². The molecule has 1 aliphatic rings. The zero-order chi connectivity index (χ0) is 19.6. The Morgan fingerprint density at radius 1 is 1.00 bits per heavy atom. The number of hydrogen-bond acceptors (Lipinski definition) is 3. The van der Waals surface area contributed by atoms with Crippen molar-refractivity contribution in [3.05, 3.63) is 64.2 Å². The molecule has 0 bridgehead atoms. The second-order valence-corrected chi connectivity index (χ2v) is 9.14. The third-order valence-electron chi connectivity index (χ3n) is 5.01. The van der Waals surface area contributed by atoms with Gasteiger partial charge in [0.25, 0.3) is 0 Å². The van der Waals surface area contributed by atoms with Crippen molar-refractivity contribution in [3.8, 4) is 0 Å². The van der Waals surface area contributed by atoms with Gasteiger partial charge in [-0.2, -0.15) is 4.31 Å². The second kappa shape index (κ2) is 8.00. The third kappa shape index (κ3) is 4.34. The van der Waals surface area contributed by atoms with Gasteiger partial charge in [-0.15, -0.1) is 0 Å². The first kappa shape index (κ1) is 19.9. The van der Waals surface area contributed by atoms with E-state index >= 15 is 0 Å². The SMILES string of the molecule is Cc1ccc(S(=O)(=O)N2CCN(C(=O)Cc3ccccc3Cl)CC2)cc1C. The van der Waals surface area contributed by atoms with Crippen LogP contribution < -0.4 is 0 Å². The lowest BCUT2D eigenvalue weighted by molar-refractivity contribution is -0.131. The number of sulfonamides is 1. The molecular formula is C20H23ClN2O3S. The molecule has 1 aliphatic heterocycles. The highest BCUT2D eigenvalue weighted by atomic mass is 35.5. The van der Waals surface area contributed by atoms with E-state index in [-0.39, 0.29) is 12.3 Å². The molecule has 0 spiro atoms. The number of amides is 1. The summed E-state index contributed by atoms with van der Waals surface area (Å²) in [5, 5.41) is 0.571. The van der Waals surface area contributed by atoms with Crippen molar-refractivity contribution in [3.63, 3.8) is 0 Å². The molecule has 0 unspecified atom stereocenters. The molecule has 0 aliphatic carbocycles.